The van der Waals surface area contributed by atoms with Crippen LogP contribution >= 0.6 is 0 Å². The zero-order valence-corrected chi connectivity index (χ0v) is 9.33. The van der Waals surface area contributed by atoms with Crippen molar-refractivity contribution in [2.45, 2.75) is 26.4 Å². The van der Waals surface area contributed by atoms with Gasteiger partial charge in [0, 0.05) is 18.4 Å². The molecular formula is C10H14N6. The molecule has 0 unspecified atom stereocenters. The summed E-state index contributed by atoms with van der Waals surface area (Å²) in [5, 5.41) is 7.41. The smallest absolute Gasteiger partial charge is 0.174 e. The van der Waals surface area contributed by atoms with Crippen LogP contribution in [0.4, 0.5) is 0 Å². The summed E-state index contributed by atoms with van der Waals surface area (Å²) < 4.78 is 1.68. The van der Waals surface area contributed by atoms with Crippen LogP contribution < -0.4 is 5.32 Å². The molecule has 0 aliphatic rings. The molecule has 0 amide bonds. The van der Waals surface area contributed by atoms with Gasteiger partial charge in [-0.25, -0.2) is 9.97 Å². The molecule has 6 nitrogen and oxygen atoms in total. The van der Waals surface area contributed by atoms with E-state index in [0.29, 0.717) is 18.4 Å². The van der Waals surface area contributed by atoms with Crippen molar-refractivity contribution in [2.24, 2.45) is 0 Å². The Morgan fingerprint density at radius 1 is 1.31 bits per heavy atom. The molecule has 0 fully saturated rings. The maximum atomic E-state index is 4.19. The maximum absolute atomic E-state index is 4.19. The molecule has 2 aromatic heterocycles. The third-order valence-corrected chi connectivity index (χ3v) is 2.05. The lowest BCUT2D eigenvalue weighted by Gasteiger charge is -2.08. The first-order valence-corrected chi connectivity index (χ1v) is 5.16. The first-order chi connectivity index (χ1) is 7.77. The van der Waals surface area contributed by atoms with Crippen LogP contribution in [0.5, 0.6) is 0 Å². The minimum absolute atomic E-state index is 0.409. The van der Waals surface area contributed by atoms with Crippen molar-refractivity contribution in [1.29, 1.82) is 0 Å². The van der Waals surface area contributed by atoms with E-state index in [9.17, 15) is 0 Å². The lowest BCUT2D eigenvalue weighted by molar-refractivity contribution is 0.561. The number of nitrogens with zero attached hydrogens (tertiary/aromatic N) is 5. The van der Waals surface area contributed by atoms with Gasteiger partial charge in [-0.15, -0.1) is 0 Å². The van der Waals surface area contributed by atoms with Gasteiger partial charge in [0.15, 0.2) is 5.82 Å². The second-order valence-electron chi connectivity index (χ2n) is 3.69. The lowest BCUT2D eigenvalue weighted by atomic mass is 10.4. The average Bonchev–Trinajstić information content (AvgIpc) is 2.75. The van der Waals surface area contributed by atoms with E-state index in [-0.39, 0.29) is 0 Å². The topological polar surface area (TPSA) is 68.5 Å². The van der Waals surface area contributed by atoms with E-state index in [1.807, 2.05) is 0 Å². The van der Waals surface area contributed by atoms with Gasteiger partial charge >= 0.3 is 0 Å². The van der Waals surface area contributed by atoms with E-state index in [1.54, 1.807) is 23.3 Å². The van der Waals surface area contributed by atoms with Gasteiger partial charge < -0.3 is 5.32 Å². The van der Waals surface area contributed by atoms with Crippen LogP contribution in [0.25, 0.3) is 5.82 Å². The number of rotatable bonds is 4. The van der Waals surface area contributed by atoms with Crippen LogP contribution in [-0.4, -0.2) is 30.8 Å². The number of hydrogen-bond donors (Lipinski definition) is 1. The summed E-state index contributed by atoms with van der Waals surface area (Å²) in [7, 11) is 0. The highest BCUT2D eigenvalue weighted by Crippen LogP contribution is 2.02. The second-order valence-corrected chi connectivity index (χ2v) is 3.69. The third-order valence-electron chi connectivity index (χ3n) is 2.05. The molecule has 0 saturated heterocycles. The highest BCUT2D eigenvalue weighted by molar-refractivity contribution is 5.16. The Labute approximate surface area is 93.8 Å². The van der Waals surface area contributed by atoms with E-state index in [0.717, 1.165) is 5.82 Å². The fourth-order valence-electron chi connectivity index (χ4n) is 1.27. The van der Waals surface area contributed by atoms with Crippen molar-refractivity contribution in [3.63, 3.8) is 0 Å². The normalized spacial score (nSPS) is 10.9. The average molecular weight is 218 g/mol. The molecule has 0 aliphatic carbocycles. The van der Waals surface area contributed by atoms with Crippen molar-refractivity contribution < 1.29 is 0 Å². The van der Waals surface area contributed by atoms with Gasteiger partial charge in [0.1, 0.15) is 12.2 Å². The Hall–Kier alpha value is -1.82. The molecule has 16 heavy (non-hydrogen) atoms. The highest BCUT2D eigenvalue weighted by Gasteiger charge is 2.07. The van der Waals surface area contributed by atoms with Gasteiger partial charge in [0.2, 0.25) is 0 Å². The van der Waals surface area contributed by atoms with Crippen LogP contribution in [0.15, 0.2) is 24.9 Å². The van der Waals surface area contributed by atoms with Gasteiger partial charge in [-0.05, 0) is 0 Å². The van der Waals surface area contributed by atoms with Gasteiger partial charge in [-0.1, -0.05) is 13.8 Å². The monoisotopic (exact) mass is 218 g/mol. The Kier molecular flexibility index (Phi) is 3.21. The Balaban J connectivity index is 2.19. The fourth-order valence-corrected chi connectivity index (χ4v) is 1.27. The largest absolute Gasteiger partial charge is 0.308 e. The summed E-state index contributed by atoms with van der Waals surface area (Å²) in [6, 6.07) is 0.409. The Morgan fingerprint density at radius 2 is 2.19 bits per heavy atom. The van der Waals surface area contributed by atoms with Crippen LogP contribution in [0.3, 0.4) is 0 Å². The molecule has 6 heteroatoms. The molecule has 2 rings (SSSR count). The summed E-state index contributed by atoms with van der Waals surface area (Å²) in [6.45, 7) is 4.83. The quantitative estimate of drug-likeness (QED) is 0.811. The first kappa shape index (κ1) is 10.7. The predicted octanol–water partition coefficient (Wildman–Crippen LogP) is 0.555. The molecule has 2 aromatic rings. The molecule has 0 aromatic carbocycles. The second kappa shape index (κ2) is 4.80. The van der Waals surface area contributed by atoms with Crippen molar-refractivity contribution in [2.75, 3.05) is 0 Å². The van der Waals surface area contributed by atoms with E-state index >= 15 is 0 Å². The molecule has 0 saturated carbocycles. The summed E-state index contributed by atoms with van der Waals surface area (Å²) in [5.41, 5.74) is 0. The van der Waals surface area contributed by atoms with E-state index in [4.69, 9.17) is 0 Å². The van der Waals surface area contributed by atoms with Crippen molar-refractivity contribution >= 4 is 0 Å². The Bertz CT molecular complexity index is 436. The molecule has 0 aliphatic heterocycles. The van der Waals surface area contributed by atoms with E-state index in [1.165, 1.54) is 6.33 Å². The summed E-state index contributed by atoms with van der Waals surface area (Å²) in [4.78, 5) is 12.4. The fraction of sp³-hybridized carbons (Fsp3) is 0.400. The summed E-state index contributed by atoms with van der Waals surface area (Å²) in [6.07, 6.45) is 6.45. The molecule has 1 N–H and O–H groups in total. The minimum atomic E-state index is 0.409. The molecular weight excluding hydrogens is 204 g/mol. The number of nitrogens with one attached hydrogen (secondary N) is 1. The minimum Gasteiger partial charge on any atom is -0.308 e. The predicted molar refractivity (Wildman–Crippen MR) is 58.9 cm³/mol. The lowest BCUT2D eigenvalue weighted by Crippen LogP contribution is -2.24. The SMILES string of the molecule is CC(C)NCc1ncnn1-c1cnccn1. The van der Waals surface area contributed by atoms with Crippen LogP contribution in [-0.2, 0) is 6.54 Å². The standard InChI is InChI=1S/C10H14N6/c1-8(2)13-6-10-14-7-15-16(10)9-5-11-3-4-12-9/h3-5,7-8,13H,6H2,1-2H3. The van der Waals surface area contributed by atoms with Gasteiger partial charge in [-0.3, -0.25) is 4.98 Å². The number of aromatic nitrogens is 5. The Morgan fingerprint density at radius 3 is 2.88 bits per heavy atom. The summed E-state index contributed by atoms with van der Waals surface area (Å²) in [5.74, 6) is 1.51. The van der Waals surface area contributed by atoms with E-state index in [2.05, 4.69) is 39.2 Å². The zero-order chi connectivity index (χ0) is 11.4. The van der Waals surface area contributed by atoms with Gasteiger partial charge in [-0.2, -0.15) is 9.78 Å². The van der Waals surface area contributed by atoms with Crippen LogP contribution in [0, 0.1) is 0 Å². The number of hydrogen-bond acceptors (Lipinski definition) is 5. The highest BCUT2D eigenvalue weighted by atomic mass is 15.4. The van der Waals surface area contributed by atoms with Gasteiger partial charge in [0.25, 0.3) is 0 Å². The first-order valence-electron chi connectivity index (χ1n) is 5.16. The molecule has 0 radical (unpaired) electrons. The molecule has 0 spiro atoms. The molecule has 2 heterocycles. The van der Waals surface area contributed by atoms with E-state index < -0.39 is 0 Å². The molecule has 0 bridgehead atoms. The molecule has 0 atom stereocenters. The zero-order valence-electron chi connectivity index (χ0n) is 9.33. The van der Waals surface area contributed by atoms with Gasteiger partial charge in [0.05, 0.1) is 12.7 Å². The summed E-state index contributed by atoms with van der Waals surface area (Å²) >= 11 is 0. The van der Waals surface area contributed by atoms with Crippen LogP contribution in [0.1, 0.15) is 19.7 Å². The van der Waals surface area contributed by atoms with Crippen molar-refractivity contribution in [3.05, 3.63) is 30.7 Å². The van der Waals surface area contributed by atoms with Crippen molar-refractivity contribution in [1.82, 2.24) is 30.0 Å². The molecule has 84 valence electrons. The maximum Gasteiger partial charge on any atom is 0.174 e. The van der Waals surface area contributed by atoms with Crippen LogP contribution in [0.2, 0.25) is 0 Å². The third kappa shape index (κ3) is 2.40. The van der Waals surface area contributed by atoms with Crippen molar-refractivity contribution in [3.8, 4) is 5.82 Å².